The zero-order valence-corrected chi connectivity index (χ0v) is 14.4. The molecule has 126 valence electrons. The Morgan fingerprint density at radius 2 is 1.96 bits per heavy atom. The third-order valence-corrected chi connectivity index (χ3v) is 4.81. The number of carbonyl (C=O) groups excluding carboxylic acids is 1. The Morgan fingerprint density at radius 1 is 1.30 bits per heavy atom. The van der Waals surface area contributed by atoms with Crippen LogP contribution >= 0.6 is 11.6 Å². The van der Waals surface area contributed by atoms with Gasteiger partial charge >= 0.3 is 5.97 Å². The van der Waals surface area contributed by atoms with Gasteiger partial charge in [0.2, 0.25) is 0 Å². The minimum atomic E-state index is -0.741. The highest BCUT2D eigenvalue weighted by Crippen LogP contribution is 2.49. The standard InChI is InChI=1S/C17H22ClNO4/c1-9(2)8-11-12(10(3)20)14-13(15(18)19-11)16(21)23-17(14)4-6-22-7-5-17/h9-10,20H,4-8H2,1-3H3. The number of esters is 1. The summed E-state index contributed by atoms with van der Waals surface area (Å²) in [6.45, 7) is 6.91. The van der Waals surface area contributed by atoms with Gasteiger partial charge in [-0.3, -0.25) is 0 Å². The molecule has 5 nitrogen and oxygen atoms in total. The fourth-order valence-corrected chi connectivity index (χ4v) is 3.87. The minimum Gasteiger partial charge on any atom is -0.450 e. The lowest BCUT2D eigenvalue weighted by Crippen LogP contribution is -2.35. The van der Waals surface area contributed by atoms with E-state index in [1.807, 2.05) is 0 Å². The number of pyridine rings is 1. The maximum atomic E-state index is 12.4. The van der Waals surface area contributed by atoms with Crippen molar-refractivity contribution in [1.82, 2.24) is 4.98 Å². The zero-order valence-electron chi connectivity index (χ0n) is 13.7. The Balaban J connectivity index is 2.25. The van der Waals surface area contributed by atoms with E-state index in [4.69, 9.17) is 21.1 Å². The van der Waals surface area contributed by atoms with Gasteiger partial charge in [-0.25, -0.2) is 9.78 Å². The van der Waals surface area contributed by atoms with Crippen LogP contribution in [0.25, 0.3) is 0 Å². The number of fused-ring (bicyclic) bond motifs is 2. The number of halogens is 1. The first kappa shape index (κ1) is 16.7. The SMILES string of the molecule is CC(C)Cc1nc(Cl)c2c(c1C(C)O)C1(CCOCC1)OC2=O. The van der Waals surface area contributed by atoms with Crippen LogP contribution in [0, 0.1) is 5.92 Å². The summed E-state index contributed by atoms with van der Waals surface area (Å²) in [6, 6.07) is 0. The second-order valence-corrected chi connectivity index (χ2v) is 7.14. The molecule has 0 saturated carbocycles. The van der Waals surface area contributed by atoms with Gasteiger partial charge in [0.15, 0.2) is 0 Å². The number of aromatic nitrogens is 1. The van der Waals surface area contributed by atoms with Gasteiger partial charge in [-0.05, 0) is 19.3 Å². The van der Waals surface area contributed by atoms with Gasteiger partial charge in [-0.2, -0.15) is 0 Å². The number of carbonyl (C=O) groups is 1. The van der Waals surface area contributed by atoms with Crippen molar-refractivity contribution in [2.45, 2.75) is 51.7 Å². The van der Waals surface area contributed by atoms with Crippen molar-refractivity contribution < 1.29 is 19.4 Å². The molecule has 0 aliphatic carbocycles. The van der Waals surface area contributed by atoms with E-state index in [1.165, 1.54) is 0 Å². The molecule has 0 amide bonds. The predicted molar refractivity (Wildman–Crippen MR) is 85.6 cm³/mol. The van der Waals surface area contributed by atoms with Crippen molar-refractivity contribution in [2.24, 2.45) is 5.92 Å². The van der Waals surface area contributed by atoms with Gasteiger partial charge in [0, 0.05) is 29.7 Å². The Bertz CT molecular complexity index is 636. The van der Waals surface area contributed by atoms with Gasteiger partial charge in [0.05, 0.1) is 19.3 Å². The quantitative estimate of drug-likeness (QED) is 0.676. The molecule has 3 rings (SSSR count). The first-order valence-electron chi connectivity index (χ1n) is 8.07. The number of aliphatic hydroxyl groups is 1. The molecule has 1 aromatic heterocycles. The summed E-state index contributed by atoms with van der Waals surface area (Å²) < 4.78 is 11.2. The monoisotopic (exact) mass is 339 g/mol. The highest BCUT2D eigenvalue weighted by molar-refractivity contribution is 6.33. The van der Waals surface area contributed by atoms with E-state index in [9.17, 15) is 9.90 Å². The topological polar surface area (TPSA) is 68.7 Å². The Hall–Kier alpha value is -1.17. The highest BCUT2D eigenvalue weighted by Gasteiger charge is 2.50. The molecule has 1 spiro atoms. The smallest absolute Gasteiger partial charge is 0.342 e. The van der Waals surface area contributed by atoms with Crippen molar-refractivity contribution in [1.29, 1.82) is 0 Å². The molecule has 6 heteroatoms. The highest BCUT2D eigenvalue weighted by atomic mass is 35.5. The van der Waals surface area contributed by atoms with E-state index in [1.54, 1.807) is 6.92 Å². The largest absolute Gasteiger partial charge is 0.450 e. The van der Waals surface area contributed by atoms with Crippen LogP contribution in [0.1, 0.15) is 66.9 Å². The van der Waals surface area contributed by atoms with Crippen LogP contribution in [0.4, 0.5) is 0 Å². The van der Waals surface area contributed by atoms with Gasteiger partial charge in [-0.15, -0.1) is 0 Å². The van der Waals surface area contributed by atoms with Crippen LogP contribution in [0.15, 0.2) is 0 Å². The third-order valence-electron chi connectivity index (χ3n) is 4.54. The number of aliphatic hydroxyl groups excluding tert-OH is 1. The van der Waals surface area contributed by atoms with E-state index in [2.05, 4.69) is 18.8 Å². The molecule has 1 unspecified atom stereocenters. The van der Waals surface area contributed by atoms with E-state index in [-0.39, 0.29) is 5.15 Å². The average Bonchev–Trinajstić information content (AvgIpc) is 2.72. The van der Waals surface area contributed by atoms with Crippen LogP contribution in [0.5, 0.6) is 0 Å². The van der Waals surface area contributed by atoms with Gasteiger partial charge < -0.3 is 14.6 Å². The maximum absolute atomic E-state index is 12.4. The molecule has 2 aliphatic heterocycles. The summed E-state index contributed by atoms with van der Waals surface area (Å²) in [7, 11) is 0. The fraction of sp³-hybridized carbons (Fsp3) is 0.647. The summed E-state index contributed by atoms with van der Waals surface area (Å²) in [5, 5.41) is 10.6. The molecule has 1 atom stereocenters. The van der Waals surface area contributed by atoms with Crippen LogP contribution in [0.2, 0.25) is 5.15 Å². The second-order valence-electron chi connectivity index (χ2n) is 6.78. The Morgan fingerprint density at radius 3 is 2.52 bits per heavy atom. The molecule has 0 aromatic carbocycles. The summed E-state index contributed by atoms with van der Waals surface area (Å²) in [6.07, 6.45) is 1.10. The zero-order chi connectivity index (χ0) is 16.8. The molecule has 1 N–H and O–H groups in total. The molecule has 2 aliphatic rings. The molecule has 1 saturated heterocycles. The predicted octanol–water partition coefficient (Wildman–Crippen LogP) is 3.16. The first-order valence-corrected chi connectivity index (χ1v) is 8.45. The lowest BCUT2D eigenvalue weighted by molar-refractivity contribution is -0.0744. The molecular weight excluding hydrogens is 318 g/mol. The number of ether oxygens (including phenoxy) is 2. The van der Waals surface area contributed by atoms with Crippen molar-refractivity contribution in [2.75, 3.05) is 13.2 Å². The Kier molecular flexibility index (Phi) is 4.38. The van der Waals surface area contributed by atoms with E-state index < -0.39 is 17.7 Å². The van der Waals surface area contributed by atoms with E-state index in [0.717, 1.165) is 11.3 Å². The average molecular weight is 340 g/mol. The molecule has 3 heterocycles. The van der Waals surface area contributed by atoms with Gasteiger partial charge in [-0.1, -0.05) is 25.4 Å². The van der Waals surface area contributed by atoms with Gasteiger partial charge in [0.25, 0.3) is 0 Å². The third kappa shape index (κ3) is 2.75. The molecule has 23 heavy (non-hydrogen) atoms. The lowest BCUT2D eigenvalue weighted by atomic mass is 9.80. The number of hydrogen-bond acceptors (Lipinski definition) is 5. The van der Waals surface area contributed by atoms with E-state index >= 15 is 0 Å². The number of hydrogen-bond donors (Lipinski definition) is 1. The van der Waals surface area contributed by atoms with Crippen LogP contribution in [0.3, 0.4) is 0 Å². The molecule has 1 aromatic rings. The summed E-state index contributed by atoms with van der Waals surface area (Å²) in [5.41, 5.74) is 1.76. The fourth-order valence-electron chi connectivity index (χ4n) is 3.60. The van der Waals surface area contributed by atoms with Crippen LogP contribution in [-0.4, -0.2) is 29.3 Å². The van der Waals surface area contributed by atoms with E-state index in [0.29, 0.717) is 49.5 Å². The molecular formula is C17H22ClNO4. The normalized spacial score (nSPS) is 20.7. The molecule has 0 bridgehead atoms. The minimum absolute atomic E-state index is 0.174. The van der Waals surface area contributed by atoms with Gasteiger partial charge in [0.1, 0.15) is 16.3 Å². The van der Waals surface area contributed by atoms with Crippen molar-refractivity contribution in [3.05, 3.63) is 27.5 Å². The van der Waals surface area contributed by atoms with Crippen molar-refractivity contribution >= 4 is 17.6 Å². The summed E-state index contributed by atoms with van der Waals surface area (Å²) >= 11 is 6.31. The van der Waals surface area contributed by atoms with Crippen LogP contribution < -0.4 is 0 Å². The van der Waals surface area contributed by atoms with Crippen molar-refractivity contribution in [3.63, 3.8) is 0 Å². The number of rotatable bonds is 3. The molecule has 0 radical (unpaired) electrons. The number of nitrogens with zero attached hydrogens (tertiary/aromatic N) is 1. The van der Waals surface area contributed by atoms with Crippen molar-refractivity contribution in [3.8, 4) is 0 Å². The second kappa shape index (κ2) is 6.04. The first-order chi connectivity index (χ1) is 10.9. The lowest BCUT2D eigenvalue weighted by Gasteiger charge is -2.34. The van der Waals surface area contributed by atoms with Crippen LogP contribution in [-0.2, 0) is 21.5 Å². The Labute approximate surface area is 141 Å². The maximum Gasteiger partial charge on any atom is 0.342 e. The summed E-state index contributed by atoms with van der Waals surface area (Å²) in [5.74, 6) is -0.0878. The molecule has 1 fully saturated rings. The summed E-state index contributed by atoms with van der Waals surface area (Å²) in [4.78, 5) is 16.8.